The molecule has 0 radical (unpaired) electrons. The van der Waals surface area contributed by atoms with Gasteiger partial charge in [0.15, 0.2) is 0 Å². The van der Waals surface area contributed by atoms with E-state index in [1.807, 2.05) is 13.8 Å². The standard InChI is InChI=1S/C22H36N4O4/c1-14(2)23-22(28)24-17-8-9-19-18(10-17)21(27)26(6)12-20(29-7)15(3)11-25(5)16(4)13-30-19/h8-10,14-16,20H,11-13H2,1-7H3,(H2,23,24,28)/t15-,16+,20+/m0/s1. The molecule has 0 bridgehead atoms. The van der Waals surface area contributed by atoms with Gasteiger partial charge >= 0.3 is 6.03 Å². The minimum Gasteiger partial charge on any atom is -0.491 e. The fourth-order valence-electron chi connectivity index (χ4n) is 3.46. The molecular weight excluding hydrogens is 384 g/mol. The Morgan fingerprint density at radius 1 is 1.23 bits per heavy atom. The number of urea groups is 1. The van der Waals surface area contributed by atoms with Crippen LogP contribution in [0.25, 0.3) is 0 Å². The Labute approximate surface area is 179 Å². The monoisotopic (exact) mass is 420 g/mol. The van der Waals surface area contributed by atoms with Crippen LogP contribution in [0.5, 0.6) is 5.75 Å². The molecule has 8 nitrogen and oxygen atoms in total. The lowest BCUT2D eigenvalue weighted by Gasteiger charge is -2.34. The maximum atomic E-state index is 13.2. The Hall–Kier alpha value is -2.32. The second-order valence-corrected chi connectivity index (χ2v) is 8.50. The number of hydrogen-bond donors (Lipinski definition) is 2. The molecule has 0 aliphatic carbocycles. The first kappa shape index (κ1) is 24.0. The van der Waals surface area contributed by atoms with Crippen LogP contribution in [-0.4, -0.2) is 80.8 Å². The van der Waals surface area contributed by atoms with Crippen molar-refractivity contribution >= 4 is 17.6 Å². The summed E-state index contributed by atoms with van der Waals surface area (Å²) in [4.78, 5) is 29.2. The van der Waals surface area contributed by atoms with Crippen molar-refractivity contribution in [1.29, 1.82) is 0 Å². The van der Waals surface area contributed by atoms with Crippen LogP contribution in [0.4, 0.5) is 10.5 Å². The van der Waals surface area contributed by atoms with E-state index in [2.05, 4.69) is 36.4 Å². The summed E-state index contributed by atoms with van der Waals surface area (Å²) in [6.45, 7) is 9.75. The molecule has 1 aromatic carbocycles. The van der Waals surface area contributed by atoms with Gasteiger partial charge in [-0.15, -0.1) is 0 Å². The van der Waals surface area contributed by atoms with Gasteiger partial charge in [-0.05, 0) is 51.9 Å². The average Bonchev–Trinajstić information content (AvgIpc) is 2.68. The molecule has 2 N–H and O–H groups in total. The van der Waals surface area contributed by atoms with E-state index in [4.69, 9.17) is 9.47 Å². The number of hydrogen-bond acceptors (Lipinski definition) is 5. The highest BCUT2D eigenvalue weighted by molar-refractivity contribution is 5.99. The summed E-state index contributed by atoms with van der Waals surface area (Å²) in [5, 5.41) is 5.56. The van der Waals surface area contributed by atoms with E-state index in [1.54, 1.807) is 37.3 Å². The molecule has 8 heteroatoms. The van der Waals surface area contributed by atoms with Gasteiger partial charge in [-0.3, -0.25) is 9.69 Å². The van der Waals surface area contributed by atoms with Crippen LogP contribution in [0.3, 0.4) is 0 Å². The molecule has 0 spiro atoms. The highest BCUT2D eigenvalue weighted by Gasteiger charge is 2.27. The first-order chi connectivity index (χ1) is 14.1. The van der Waals surface area contributed by atoms with Crippen LogP contribution in [-0.2, 0) is 4.74 Å². The number of carbonyl (C=O) groups excluding carboxylic acids is 2. The fraction of sp³-hybridized carbons (Fsp3) is 0.636. The van der Waals surface area contributed by atoms with Crippen molar-refractivity contribution in [3.05, 3.63) is 23.8 Å². The lowest BCUT2D eigenvalue weighted by molar-refractivity contribution is 0.0150. The van der Waals surface area contributed by atoms with Gasteiger partial charge in [0.1, 0.15) is 12.4 Å². The maximum Gasteiger partial charge on any atom is 0.319 e. The Bertz CT molecular complexity index is 740. The van der Waals surface area contributed by atoms with Crippen molar-refractivity contribution < 1.29 is 19.1 Å². The highest BCUT2D eigenvalue weighted by atomic mass is 16.5. The predicted octanol–water partition coefficient (Wildman–Crippen LogP) is 2.65. The Kier molecular flexibility index (Phi) is 8.49. The molecule has 1 heterocycles. The lowest BCUT2D eigenvalue weighted by atomic mass is 10.0. The van der Waals surface area contributed by atoms with Crippen LogP contribution >= 0.6 is 0 Å². The van der Waals surface area contributed by atoms with Crippen LogP contribution in [0.15, 0.2) is 18.2 Å². The smallest absolute Gasteiger partial charge is 0.319 e. The summed E-state index contributed by atoms with van der Waals surface area (Å²) in [6, 6.07) is 5.01. The summed E-state index contributed by atoms with van der Waals surface area (Å²) in [7, 11) is 5.51. The van der Waals surface area contributed by atoms with Crippen LogP contribution < -0.4 is 15.4 Å². The average molecular weight is 421 g/mol. The largest absolute Gasteiger partial charge is 0.491 e. The number of rotatable bonds is 3. The normalized spacial score (nSPS) is 23.8. The maximum absolute atomic E-state index is 13.2. The van der Waals surface area contributed by atoms with Gasteiger partial charge < -0.3 is 25.0 Å². The lowest BCUT2D eigenvalue weighted by Crippen LogP contribution is -2.45. The Morgan fingerprint density at radius 2 is 1.93 bits per heavy atom. The molecule has 0 saturated heterocycles. The number of methoxy groups -OCH3 is 1. The second-order valence-electron chi connectivity index (χ2n) is 8.50. The number of carbonyl (C=O) groups is 2. The number of nitrogens with zero attached hydrogens (tertiary/aromatic N) is 2. The molecule has 0 aromatic heterocycles. The van der Waals surface area contributed by atoms with E-state index < -0.39 is 0 Å². The molecular formula is C22H36N4O4. The Balaban J connectivity index is 2.35. The zero-order valence-corrected chi connectivity index (χ0v) is 19.2. The van der Waals surface area contributed by atoms with Crippen molar-refractivity contribution in [2.75, 3.05) is 46.2 Å². The van der Waals surface area contributed by atoms with Crippen LogP contribution in [0, 0.1) is 5.92 Å². The molecule has 3 atom stereocenters. The summed E-state index contributed by atoms with van der Waals surface area (Å²) in [5.74, 6) is 0.572. The van der Waals surface area contributed by atoms with Gasteiger partial charge in [0.25, 0.3) is 5.91 Å². The van der Waals surface area contributed by atoms with Gasteiger partial charge in [-0.2, -0.15) is 0 Å². The number of ether oxygens (including phenoxy) is 2. The molecule has 0 fully saturated rings. The summed E-state index contributed by atoms with van der Waals surface area (Å²) < 4.78 is 11.7. The number of nitrogens with one attached hydrogen (secondary N) is 2. The van der Waals surface area contributed by atoms with Gasteiger partial charge in [0.2, 0.25) is 0 Å². The van der Waals surface area contributed by atoms with E-state index in [9.17, 15) is 9.59 Å². The van der Waals surface area contributed by atoms with Crippen LogP contribution in [0.1, 0.15) is 38.1 Å². The van der Waals surface area contributed by atoms with E-state index in [0.29, 0.717) is 30.2 Å². The summed E-state index contributed by atoms with van der Waals surface area (Å²) >= 11 is 0. The third-order valence-corrected chi connectivity index (χ3v) is 5.43. The molecule has 0 saturated carbocycles. The zero-order valence-electron chi connectivity index (χ0n) is 19.2. The topological polar surface area (TPSA) is 83.1 Å². The van der Waals surface area contributed by atoms with E-state index in [-0.39, 0.29) is 36.0 Å². The van der Waals surface area contributed by atoms with E-state index >= 15 is 0 Å². The molecule has 2 rings (SSSR count). The molecule has 168 valence electrons. The molecule has 3 amide bonds. The van der Waals surface area contributed by atoms with Gasteiger partial charge in [0, 0.05) is 45.0 Å². The quantitative estimate of drug-likeness (QED) is 0.786. The summed E-state index contributed by atoms with van der Waals surface area (Å²) in [6.07, 6.45) is -0.0875. The molecule has 0 unspecified atom stereocenters. The van der Waals surface area contributed by atoms with Crippen molar-refractivity contribution in [3.63, 3.8) is 0 Å². The van der Waals surface area contributed by atoms with Gasteiger partial charge in [0.05, 0.1) is 11.7 Å². The number of benzene rings is 1. The SMILES string of the molecule is CO[C@@H]1CN(C)C(=O)c2cc(NC(=O)NC(C)C)ccc2OC[C@@H](C)N(C)C[C@@H]1C. The molecule has 30 heavy (non-hydrogen) atoms. The van der Waals surface area contributed by atoms with Gasteiger partial charge in [-0.25, -0.2) is 4.79 Å². The fourth-order valence-corrected chi connectivity index (χ4v) is 3.46. The number of amides is 3. The predicted molar refractivity (Wildman–Crippen MR) is 118 cm³/mol. The third kappa shape index (κ3) is 6.34. The van der Waals surface area contributed by atoms with Gasteiger partial charge in [-0.1, -0.05) is 6.92 Å². The minimum atomic E-state index is -0.316. The van der Waals surface area contributed by atoms with Crippen molar-refractivity contribution in [2.45, 2.75) is 45.9 Å². The summed E-state index contributed by atoms with van der Waals surface area (Å²) in [5.41, 5.74) is 0.948. The zero-order chi connectivity index (χ0) is 22.4. The van der Waals surface area contributed by atoms with Crippen LogP contribution in [0.2, 0.25) is 0 Å². The van der Waals surface area contributed by atoms with Crippen molar-refractivity contribution in [1.82, 2.24) is 15.1 Å². The molecule has 1 aliphatic heterocycles. The number of likely N-dealkylation sites (N-methyl/N-ethyl adjacent to an activating group) is 2. The first-order valence-corrected chi connectivity index (χ1v) is 10.4. The second kappa shape index (κ2) is 10.6. The van der Waals surface area contributed by atoms with E-state index in [1.165, 1.54) is 0 Å². The number of anilines is 1. The van der Waals surface area contributed by atoms with E-state index in [0.717, 1.165) is 6.54 Å². The minimum absolute atomic E-state index is 0.0110. The van der Waals surface area contributed by atoms with Crippen molar-refractivity contribution in [2.24, 2.45) is 5.92 Å². The third-order valence-electron chi connectivity index (χ3n) is 5.43. The molecule has 1 aromatic rings. The number of fused-ring (bicyclic) bond motifs is 1. The Morgan fingerprint density at radius 3 is 2.57 bits per heavy atom. The first-order valence-electron chi connectivity index (χ1n) is 10.4. The highest BCUT2D eigenvalue weighted by Crippen LogP contribution is 2.26. The van der Waals surface area contributed by atoms with Crippen molar-refractivity contribution in [3.8, 4) is 5.75 Å². The molecule has 1 aliphatic rings.